The summed E-state index contributed by atoms with van der Waals surface area (Å²) in [7, 11) is 0.606. The van der Waals surface area contributed by atoms with Gasteiger partial charge in [-0.15, -0.1) is 0 Å². The topological polar surface area (TPSA) is 88.9 Å². The summed E-state index contributed by atoms with van der Waals surface area (Å²) in [5.41, 5.74) is 0.862. The first-order chi connectivity index (χ1) is 13.7. The van der Waals surface area contributed by atoms with Gasteiger partial charge in [-0.1, -0.05) is 23.7 Å². The summed E-state index contributed by atoms with van der Waals surface area (Å²) in [6.45, 7) is 0. The van der Waals surface area contributed by atoms with Gasteiger partial charge in [-0.3, -0.25) is 4.79 Å². The number of hydrogen-bond donors (Lipinski definition) is 1. The lowest BCUT2D eigenvalue weighted by atomic mass is 10.2. The fourth-order valence-electron chi connectivity index (χ4n) is 2.61. The SMILES string of the molecule is COc1ccc(S(=O)(=O)N(C)C)cc1NC(=O)c1ccc(-c2ccccc2Cl)o1. The molecule has 0 unspecified atom stereocenters. The lowest BCUT2D eigenvalue weighted by molar-refractivity contribution is 0.0997. The van der Waals surface area contributed by atoms with Gasteiger partial charge in [0.15, 0.2) is 5.76 Å². The number of rotatable bonds is 6. The van der Waals surface area contributed by atoms with E-state index in [9.17, 15) is 13.2 Å². The summed E-state index contributed by atoms with van der Waals surface area (Å²) in [5.74, 6) is 0.245. The monoisotopic (exact) mass is 434 g/mol. The van der Waals surface area contributed by atoms with Gasteiger partial charge in [0.1, 0.15) is 11.5 Å². The van der Waals surface area contributed by atoms with E-state index in [2.05, 4.69) is 5.32 Å². The van der Waals surface area contributed by atoms with Crippen LogP contribution in [-0.4, -0.2) is 39.8 Å². The molecule has 0 aliphatic carbocycles. The number of benzene rings is 2. The highest BCUT2D eigenvalue weighted by Crippen LogP contribution is 2.31. The summed E-state index contributed by atoms with van der Waals surface area (Å²) in [5, 5.41) is 3.13. The lowest BCUT2D eigenvalue weighted by Crippen LogP contribution is -2.22. The van der Waals surface area contributed by atoms with Crippen LogP contribution in [0.25, 0.3) is 11.3 Å². The Hall–Kier alpha value is -2.81. The molecule has 0 bridgehead atoms. The zero-order valence-electron chi connectivity index (χ0n) is 16.0. The fraction of sp³-hybridized carbons (Fsp3) is 0.150. The minimum atomic E-state index is -3.67. The molecule has 0 saturated heterocycles. The molecule has 1 aromatic heterocycles. The summed E-state index contributed by atoms with van der Waals surface area (Å²) in [4.78, 5) is 12.7. The number of carbonyl (C=O) groups excluding carboxylic acids is 1. The van der Waals surface area contributed by atoms with Gasteiger partial charge in [-0.2, -0.15) is 0 Å². The number of carbonyl (C=O) groups is 1. The van der Waals surface area contributed by atoms with E-state index >= 15 is 0 Å². The Labute approximate surface area is 173 Å². The fourth-order valence-corrected chi connectivity index (χ4v) is 3.76. The van der Waals surface area contributed by atoms with E-state index in [0.29, 0.717) is 22.1 Å². The maximum atomic E-state index is 12.7. The molecule has 3 rings (SSSR count). The maximum Gasteiger partial charge on any atom is 0.291 e. The summed E-state index contributed by atoms with van der Waals surface area (Å²) >= 11 is 6.16. The molecule has 0 aliphatic rings. The third-order valence-corrected chi connectivity index (χ3v) is 6.31. The molecule has 1 amide bonds. The minimum absolute atomic E-state index is 0.0230. The molecule has 0 atom stereocenters. The second-order valence-electron chi connectivity index (χ2n) is 6.25. The Balaban J connectivity index is 1.90. The van der Waals surface area contributed by atoms with Crippen LogP contribution in [0, 0.1) is 0 Å². The predicted molar refractivity (Wildman–Crippen MR) is 111 cm³/mol. The number of ether oxygens (including phenoxy) is 1. The summed E-state index contributed by atoms with van der Waals surface area (Å²) in [6, 6.07) is 14.5. The van der Waals surface area contributed by atoms with Crippen LogP contribution >= 0.6 is 11.6 Å². The largest absolute Gasteiger partial charge is 0.495 e. The van der Waals surface area contributed by atoms with Crippen LogP contribution in [-0.2, 0) is 10.0 Å². The number of nitrogens with zero attached hydrogens (tertiary/aromatic N) is 1. The zero-order chi connectivity index (χ0) is 21.2. The predicted octanol–water partition coefficient (Wildman–Crippen LogP) is 4.11. The smallest absolute Gasteiger partial charge is 0.291 e. The van der Waals surface area contributed by atoms with Crippen LogP contribution in [0.15, 0.2) is 63.9 Å². The molecular formula is C20H19ClN2O5S. The van der Waals surface area contributed by atoms with E-state index in [0.717, 1.165) is 4.31 Å². The highest BCUT2D eigenvalue weighted by atomic mass is 35.5. The van der Waals surface area contributed by atoms with E-state index in [-0.39, 0.29) is 16.3 Å². The molecule has 1 N–H and O–H groups in total. The molecule has 9 heteroatoms. The number of anilines is 1. The Bertz CT molecular complexity index is 1160. The molecule has 152 valence electrons. The molecule has 7 nitrogen and oxygen atoms in total. The minimum Gasteiger partial charge on any atom is -0.495 e. The number of furan rings is 1. The van der Waals surface area contributed by atoms with Gasteiger partial charge in [0.05, 0.1) is 22.7 Å². The molecule has 3 aromatic rings. The van der Waals surface area contributed by atoms with Gasteiger partial charge in [0.25, 0.3) is 5.91 Å². The van der Waals surface area contributed by atoms with Crippen LogP contribution in [0.3, 0.4) is 0 Å². The average Bonchev–Trinajstić information content (AvgIpc) is 3.18. The third kappa shape index (κ3) is 4.29. The molecular weight excluding hydrogens is 416 g/mol. The van der Waals surface area contributed by atoms with Crippen LogP contribution in [0.2, 0.25) is 5.02 Å². The number of amides is 1. The summed E-state index contributed by atoms with van der Waals surface area (Å²) in [6.07, 6.45) is 0. The van der Waals surface area contributed by atoms with Crippen molar-refractivity contribution in [2.24, 2.45) is 0 Å². The summed E-state index contributed by atoms with van der Waals surface area (Å²) < 4.78 is 36.7. The molecule has 0 spiro atoms. The van der Waals surface area contributed by atoms with Crippen molar-refractivity contribution in [3.05, 3.63) is 65.4 Å². The lowest BCUT2D eigenvalue weighted by Gasteiger charge is -2.14. The van der Waals surface area contributed by atoms with Crippen LogP contribution in [0.1, 0.15) is 10.6 Å². The first-order valence-corrected chi connectivity index (χ1v) is 10.3. The van der Waals surface area contributed by atoms with Gasteiger partial charge in [-0.25, -0.2) is 12.7 Å². The maximum absolute atomic E-state index is 12.7. The number of halogens is 1. The normalized spacial score (nSPS) is 11.5. The standard InChI is InChI=1S/C20H19ClN2O5S/c1-23(2)29(25,26)13-8-9-18(27-3)16(12-13)22-20(24)19-11-10-17(28-19)14-6-4-5-7-15(14)21/h4-12H,1-3H3,(H,22,24). The van der Waals surface area contributed by atoms with Crippen molar-refractivity contribution >= 4 is 33.2 Å². The highest BCUT2D eigenvalue weighted by molar-refractivity contribution is 7.89. The van der Waals surface area contributed by atoms with Crippen molar-refractivity contribution in [1.82, 2.24) is 4.31 Å². The molecule has 0 aliphatic heterocycles. The van der Waals surface area contributed by atoms with Crippen molar-refractivity contribution in [2.45, 2.75) is 4.90 Å². The van der Waals surface area contributed by atoms with Gasteiger partial charge < -0.3 is 14.5 Å². The zero-order valence-corrected chi connectivity index (χ0v) is 17.5. The first-order valence-electron chi connectivity index (χ1n) is 8.50. The second kappa shape index (κ2) is 8.28. The Morgan fingerprint density at radius 2 is 1.83 bits per heavy atom. The molecule has 29 heavy (non-hydrogen) atoms. The molecule has 0 saturated carbocycles. The molecule has 2 aromatic carbocycles. The Kier molecular flexibility index (Phi) is 5.97. The number of sulfonamides is 1. The van der Waals surface area contributed by atoms with E-state index < -0.39 is 15.9 Å². The molecule has 0 fully saturated rings. The first kappa shape index (κ1) is 20.9. The molecule has 0 radical (unpaired) electrons. The van der Waals surface area contributed by atoms with Crippen molar-refractivity contribution in [3.8, 4) is 17.1 Å². The quantitative estimate of drug-likeness (QED) is 0.630. The molecule has 1 heterocycles. The second-order valence-corrected chi connectivity index (χ2v) is 8.81. The number of hydrogen-bond acceptors (Lipinski definition) is 5. The van der Waals surface area contributed by atoms with E-state index in [1.807, 2.05) is 6.07 Å². The van der Waals surface area contributed by atoms with Gasteiger partial charge in [0, 0.05) is 19.7 Å². The Morgan fingerprint density at radius 1 is 1.10 bits per heavy atom. The Morgan fingerprint density at radius 3 is 2.48 bits per heavy atom. The van der Waals surface area contributed by atoms with E-state index in [4.69, 9.17) is 20.8 Å². The van der Waals surface area contributed by atoms with Crippen molar-refractivity contribution in [2.75, 3.05) is 26.5 Å². The van der Waals surface area contributed by atoms with E-state index in [1.165, 1.54) is 45.5 Å². The van der Waals surface area contributed by atoms with Crippen LogP contribution in [0.4, 0.5) is 5.69 Å². The van der Waals surface area contributed by atoms with Crippen LogP contribution < -0.4 is 10.1 Å². The van der Waals surface area contributed by atoms with E-state index in [1.54, 1.807) is 24.3 Å². The van der Waals surface area contributed by atoms with Gasteiger partial charge in [0.2, 0.25) is 10.0 Å². The van der Waals surface area contributed by atoms with Crippen molar-refractivity contribution < 1.29 is 22.4 Å². The number of methoxy groups -OCH3 is 1. The third-order valence-electron chi connectivity index (χ3n) is 4.17. The number of nitrogens with one attached hydrogen (secondary N) is 1. The van der Waals surface area contributed by atoms with Gasteiger partial charge in [-0.05, 0) is 42.5 Å². The van der Waals surface area contributed by atoms with Crippen molar-refractivity contribution in [3.63, 3.8) is 0 Å². The average molecular weight is 435 g/mol. The van der Waals surface area contributed by atoms with Gasteiger partial charge >= 0.3 is 0 Å². The highest BCUT2D eigenvalue weighted by Gasteiger charge is 2.21. The van der Waals surface area contributed by atoms with Crippen LogP contribution in [0.5, 0.6) is 5.75 Å². The van der Waals surface area contributed by atoms with Crippen molar-refractivity contribution in [1.29, 1.82) is 0 Å².